The fourth-order valence-corrected chi connectivity index (χ4v) is 3.53. The van der Waals surface area contributed by atoms with Crippen LogP contribution in [0.4, 0.5) is 0 Å². The van der Waals surface area contributed by atoms with Crippen molar-refractivity contribution in [2.24, 2.45) is 0 Å². The first-order valence-electron chi connectivity index (χ1n) is 6.73. The van der Waals surface area contributed by atoms with Crippen molar-refractivity contribution >= 4 is 27.3 Å². The van der Waals surface area contributed by atoms with Gasteiger partial charge in [0.25, 0.3) is 0 Å². The molecule has 0 aliphatic heterocycles. The second kappa shape index (κ2) is 6.52. The van der Waals surface area contributed by atoms with E-state index < -0.39 is 0 Å². The van der Waals surface area contributed by atoms with Gasteiger partial charge in [-0.3, -0.25) is 0 Å². The minimum absolute atomic E-state index is 0.832. The zero-order valence-electron chi connectivity index (χ0n) is 11.6. The molecule has 0 bridgehead atoms. The number of thiazole rings is 1. The molecule has 0 spiro atoms. The van der Waals surface area contributed by atoms with Crippen LogP contribution in [0.3, 0.4) is 0 Å². The van der Waals surface area contributed by atoms with Gasteiger partial charge in [-0.15, -0.1) is 11.3 Å². The molecule has 3 aromatic rings. The summed E-state index contributed by atoms with van der Waals surface area (Å²) in [7, 11) is 1.97. The van der Waals surface area contributed by atoms with Crippen molar-refractivity contribution in [2.75, 3.05) is 7.05 Å². The van der Waals surface area contributed by atoms with E-state index in [0.29, 0.717) is 0 Å². The predicted molar refractivity (Wildman–Crippen MR) is 93.4 cm³/mol. The number of hydrogen-bond acceptors (Lipinski definition) is 3. The van der Waals surface area contributed by atoms with E-state index in [1.165, 1.54) is 10.4 Å². The summed E-state index contributed by atoms with van der Waals surface area (Å²) < 4.78 is 1.08. The fourth-order valence-electron chi connectivity index (χ4n) is 2.17. The van der Waals surface area contributed by atoms with Crippen LogP contribution in [0.5, 0.6) is 0 Å². The minimum atomic E-state index is 0.832. The molecule has 0 saturated heterocycles. The molecule has 0 radical (unpaired) electrons. The molecule has 4 heteroatoms. The first kappa shape index (κ1) is 14.4. The SMILES string of the molecule is CNCc1sc(-c2ccc(Br)cc2)nc1-c1ccccc1. The molecule has 2 nitrogen and oxygen atoms in total. The minimum Gasteiger partial charge on any atom is -0.315 e. The molecule has 0 amide bonds. The summed E-state index contributed by atoms with van der Waals surface area (Å²) in [6.07, 6.45) is 0. The highest BCUT2D eigenvalue weighted by molar-refractivity contribution is 9.10. The largest absolute Gasteiger partial charge is 0.315 e. The Balaban J connectivity index is 2.06. The monoisotopic (exact) mass is 358 g/mol. The first-order valence-corrected chi connectivity index (χ1v) is 8.34. The van der Waals surface area contributed by atoms with Gasteiger partial charge in [0, 0.05) is 27.0 Å². The third-order valence-electron chi connectivity index (χ3n) is 3.17. The second-order valence-electron chi connectivity index (χ2n) is 4.69. The summed E-state index contributed by atoms with van der Waals surface area (Å²) >= 11 is 5.22. The highest BCUT2D eigenvalue weighted by Crippen LogP contribution is 2.34. The zero-order chi connectivity index (χ0) is 14.7. The maximum atomic E-state index is 4.86. The Hall–Kier alpha value is -1.49. The normalized spacial score (nSPS) is 10.8. The zero-order valence-corrected chi connectivity index (χ0v) is 14.0. The van der Waals surface area contributed by atoms with Gasteiger partial charge in [-0.1, -0.05) is 58.4 Å². The van der Waals surface area contributed by atoms with Crippen LogP contribution in [0, 0.1) is 0 Å². The molecule has 0 aliphatic carbocycles. The van der Waals surface area contributed by atoms with Gasteiger partial charge in [-0.25, -0.2) is 4.98 Å². The van der Waals surface area contributed by atoms with Crippen LogP contribution in [-0.2, 0) is 6.54 Å². The molecule has 1 N–H and O–H groups in total. The quantitative estimate of drug-likeness (QED) is 0.712. The summed E-state index contributed by atoms with van der Waals surface area (Å²) in [6.45, 7) is 0.832. The predicted octanol–water partition coefficient (Wildman–Crippen LogP) is 4.96. The lowest BCUT2D eigenvalue weighted by molar-refractivity contribution is 0.831. The van der Waals surface area contributed by atoms with Crippen LogP contribution in [0.1, 0.15) is 4.88 Å². The molecular formula is C17H15BrN2S. The standard InChI is InChI=1S/C17H15BrN2S/c1-19-11-15-16(12-5-3-2-4-6-12)20-17(21-15)13-7-9-14(18)10-8-13/h2-10,19H,11H2,1H3. The van der Waals surface area contributed by atoms with Crippen molar-refractivity contribution in [1.82, 2.24) is 10.3 Å². The number of halogens is 1. The second-order valence-corrected chi connectivity index (χ2v) is 6.69. The van der Waals surface area contributed by atoms with E-state index in [1.807, 2.05) is 13.1 Å². The van der Waals surface area contributed by atoms with E-state index in [4.69, 9.17) is 4.98 Å². The summed E-state index contributed by atoms with van der Waals surface area (Å²) in [5.74, 6) is 0. The van der Waals surface area contributed by atoms with Crippen LogP contribution in [0.25, 0.3) is 21.8 Å². The fraction of sp³-hybridized carbons (Fsp3) is 0.118. The molecule has 1 heterocycles. The number of nitrogens with zero attached hydrogens (tertiary/aromatic N) is 1. The number of nitrogens with one attached hydrogen (secondary N) is 1. The molecule has 1 aromatic heterocycles. The van der Waals surface area contributed by atoms with Gasteiger partial charge in [0.15, 0.2) is 0 Å². The van der Waals surface area contributed by atoms with E-state index >= 15 is 0 Å². The molecule has 21 heavy (non-hydrogen) atoms. The lowest BCUT2D eigenvalue weighted by atomic mass is 10.1. The number of rotatable bonds is 4. The Morgan fingerprint density at radius 2 is 1.71 bits per heavy atom. The number of aromatic nitrogens is 1. The van der Waals surface area contributed by atoms with Crippen molar-refractivity contribution in [1.29, 1.82) is 0 Å². The van der Waals surface area contributed by atoms with Gasteiger partial charge in [-0.2, -0.15) is 0 Å². The molecule has 106 valence electrons. The highest BCUT2D eigenvalue weighted by Gasteiger charge is 2.13. The molecular weight excluding hydrogens is 344 g/mol. The molecule has 0 unspecified atom stereocenters. The van der Waals surface area contributed by atoms with Crippen molar-refractivity contribution < 1.29 is 0 Å². The molecule has 2 aromatic carbocycles. The van der Waals surface area contributed by atoms with Gasteiger partial charge < -0.3 is 5.32 Å². The van der Waals surface area contributed by atoms with Crippen LogP contribution in [0.15, 0.2) is 59.1 Å². The topological polar surface area (TPSA) is 24.9 Å². The Bertz CT molecular complexity index is 720. The Kier molecular flexibility index (Phi) is 4.48. The maximum absolute atomic E-state index is 4.86. The van der Waals surface area contributed by atoms with Crippen molar-refractivity contribution in [3.05, 3.63) is 63.9 Å². The van der Waals surface area contributed by atoms with Crippen molar-refractivity contribution in [3.8, 4) is 21.8 Å². The summed E-state index contributed by atoms with van der Waals surface area (Å²) in [6, 6.07) is 18.7. The third kappa shape index (κ3) is 3.23. The molecule has 3 rings (SSSR count). The molecule has 0 aliphatic rings. The molecule has 0 atom stereocenters. The van der Waals surface area contributed by atoms with Crippen LogP contribution in [-0.4, -0.2) is 12.0 Å². The first-order chi connectivity index (χ1) is 10.3. The van der Waals surface area contributed by atoms with Gasteiger partial charge in [0.05, 0.1) is 5.69 Å². The van der Waals surface area contributed by atoms with E-state index in [2.05, 4.69) is 69.8 Å². The van der Waals surface area contributed by atoms with Crippen molar-refractivity contribution in [2.45, 2.75) is 6.54 Å². The van der Waals surface area contributed by atoms with Gasteiger partial charge in [0.2, 0.25) is 0 Å². The lowest BCUT2D eigenvalue weighted by Crippen LogP contribution is -2.04. The Labute approximate surface area is 137 Å². The average Bonchev–Trinajstić information content (AvgIpc) is 2.93. The number of benzene rings is 2. The van der Waals surface area contributed by atoms with Gasteiger partial charge >= 0.3 is 0 Å². The summed E-state index contributed by atoms with van der Waals surface area (Å²) in [5, 5.41) is 4.29. The smallest absolute Gasteiger partial charge is 0.124 e. The van der Waals surface area contributed by atoms with E-state index in [0.717, 1.165) is 27.3 Å². The van der Waals surface area contributed by atoms with E-state index in [-0.39, 0.29) is 0 Å². The summed E-state index contributed by atoms with van der Waals surface area (Å²) in [5.41, 5.74) is 3.40. The molecule has 0 fully saturated rings. The van der Waals surface area contributed by atoms with Crippen LogP contribution >= 0.6 is 27.3 Å². The Morgan fingerprint density at radius 1 is 1.00 bits per heavy atom. The van der Waals surface area contributed by atoms with Crippen molar-refractivity contribution in [3.63, 3.8) is 0 Å². The summed E-state index contributed by atoms with van der Waals surface area (Å²) in [4.78, 5) is 6.13. The average molecular weight is 359 g/mol. The molecule has 0 saturated carbocycles. The van der Waals surface area contributed by atoms with Crippen LogP contribution in [0.2, 0.25) is 0 Å². The number of hydrogen-bond donors (Lipinski definition) is 1. The highest BCUT2D eigenvalue weighted by atomic mass is 79.9. The lowest BCUT2D eigenvalue weighted by Gasteiger charge is -2.00. The van der Waals surface area contributed by atoms with Gasteiger partial charge in [0.1, 0.15) is 5.01 Å². The maximum Gasteiger partial charge on any atom is 0.124 e. The van der Waals surface area contributed by atoms with Crippen LogP contribution < -0.4 is 5.32 Å². The van der Waals surface area contributed by atoms with E-state index in [9.17, 15) is 0 Å². The van der Waals surface area contributed by atoms with E-state index in [1.54, 1.807) is 11.3 Å². The third-order valence-corrected chi connectivity index (χ3v) is 4.81. The van der Waals surface area contributed by atoms with Gasteiger partial charge in [-0.05, 0) is 19.2 Å². The Morgan fingerprint density at radius 3 is 2.38 bits per heavy atom.